The summed E-state index contributed by atoms with van der Waals surface area (Å²) in [5.41, 5.74) is 18.3. The Morgan fingerprint density at radius 1 is 0.418 bits per heavy atom. The minimum Gasteiger partial charge on any atom is -0.311 e. The van der Waals surface area contributed by atoms with Crippen molar-refractivity contribution < 1.29 is 0 Å². The molecule has 0 unspecified atom stereocenters. The summed E-state index contributed by atoms with van der Waals surface area (Å²) in [4.78, 5) is 14.8. The van der Waals surface area contributed by atoms with Gasteiger partial charge in [-0.3, -0.25) is 9.97 Å². The van der Waals surface area contributed by atoms with E-state index >= 15 is 0 Å². The van der Waals surface area contributed by atoms with Crippen LogP contribution in [0.2, 0.25) is 0 Å². The summed E-state index contributed by atoms with van der Waals surface area (Å²) in [7, 11) is 0. The van der Waals surface area contributed by atoms with E-state index < -0.39 is 0 Å². The van der Waals surface area contributed by atoms with Gasteiger partial charge in [0, 0.05) is 46.3 Å². The van der Waals surface area contributed by atoms with Gasteiger partial charge in [0.15, 0.2) is 0 Å². The fourth-order valence-electron chi connectivity index (χ4n) is 8.53. The minimum absolute atomic E-state index is 0.0348. The third-order valence-electron chi connectivity index (χ3n) is 11.1. The Labute approximate surface area is 323 Å². The van der Waals surface area contributed by atoms with Gasteiger partial charge >= 0.3 is 0 Å². The molecule has 0 atom stereocenters. The van der Waals surface area contributed by atoms with Gasteiger partial charge in [0.2, 0.25) is 0 Å². The Morgan fingerprint density at radius 2 is 0.927 bits per heavy atom. The van der Waals surface area contributed by atoms with E-state index in [1.807, 2.05) is 18.5 Å². The van der Waals surface area contributed by atoms with Crippen molar-refractivity contribution in [3.63, 3.8) is 0 Å². The molecule has 4 heterocycles. The van der Waals surface area contributed by atoms with Gasteiger partial charge in [0.05, 0.1) is 22.8 Å². The second-order valence-electron chi connectivity index (χ2n) is 15.4. The number of aromatic nitrogens is 2. The summed E-state index contributed by atoms with van der Waals surface area (Å²) < 4.78 is 0. The number of benzene rings is 6. The largest absolute Gasteiger partial charge is 0.311 e. The topological polar surface area (TPSA) is 32.3 Å². The average molecular weight is 707 g/mol. The maximum atomic E-state index is 5.00. The minimum atomic E-state index is -0.127. The fraction of sp³-hybridized carbons (Fsp3) is 0.0800. The van der Waals surface area contributed by atoms with Crippen molar-refractivity contribution in [2.24, 2.45) is 0 Å². The second-order valence-corrected chi connectivity index (χ2v) is 15.4. The first-order chi connectivity index (χ1) is 27.0. The molecule has 2 aliphatic heterocycles. The Morgan fingerprint density at radius 3 is 1.51 bits per heavy atom. The van der Waals surface area contributed by atoms with E-state index in [2.05, 4.69) is 194 Å². The van der Waals surface area contributed by atoms with E-state index in [1.54, 1.807) is 0 Å². The molecule has 0 spiro atoms. The molecule has 2 aliphatic rings. The van der Waals surface area contributed by atoms with Crippen LogP contribution in [0, 0.1) is 0 Å². The Hall–Kier alpha value is -6.72. The van der Waals surface area contributed by atoms with Gasteiger partial charge in [-0.25, -0.2) is 0 Å². The molecule has 55 heavy (non-hydrogen) atoms. The van der Waals surface area contributed by atoms with Gasteiger partial charge in [0.1, 0.15) is 0 Å². The van der Waals surface area contributed by atoms with Crippen LogP contribution in [0.4, 0.5) is 34.1 Å². The normalized spacial score (nSPS) is 12.9. The third kappa shape index (κ3) is 5.46. The molecular weight excluding hydrogens is 667 g/mol. The van der Waals surface area contributed by atoms with Crippen molar-refractivity contribution in [2.45, 2.75) is 26.2 Å². The molecule has 0 saturated carbocycles. The van der Waals surface area contributed by atoms with Gasteiger partial charge in [-0.15, -0.1) is 0 Å². The molecule has 6 aromatic carbocycles. The molecule has 4 nitrogen and oxygen atoms in total. The molecule has 10 rings (SSSR count). The third-order valence-corrected chi connectivity index (χ3v) is 11.1. The molecule has 0 fully saturated rings. The molecule has 0 N–H and O–H groups in total. The fourth-order valence-corrected chi connectivity index (χ4v) is 8.53. The van der Waals surface area contributed by atoms with E-state index in [0.717, 1.165) is 39.5 Å². The Balaban J connectivity index is 1.27. The lowest BCUT2D eigenvalue weighted by atomic mass is 9.33. The van der Waals surface area contributed by atoms with Crippen LogP contribution in [0.1, 0.15) is 26.3 Å². The number of fused-ring (bicyclic) bond motifs is 4. The quantitative estimate of drug-likeness (QED) is 0.167. The molecule has 0 radical (unpaired) electrons. The molecule has 0 amide bonds. The number of rotatable bonds is 5. The van der Waals surface area contributed by atoms with E-state index in [9.17, 15) is 0 Å². The lowest BCUT2D eigenvalue weighted by molar-refractivity contribution is 0.590. The number of hydrogen-bond donors (Lipinski definition) is 0. The summed E-state index contributed by atoms with van der Waals surface area (Å²) in [6.07, 6.45) is 3.82. The zero-order valence-corrected chi connectivity index (χ0v) is 31.2. The predicted octanol–water partition coefficient (Wildman–Crippen LogP) is 10.9. The van der Waals surface area contributed by atoms with Crippen LogP contribution >= 0.6 is 0 Å². The summed E-state index contributed by atoms with van der Waals surface area (Å²) in [5.74, 6) is 0. The number of para-hydroxylation sites is 4. The number of anilines is 6. The standard InChI is InChI=1S/C50H39BN4/c1-50(2,3)36-32-47-49-48(33-36)55(44-25-12-8-20-38(44)42-31-35(28-30-53-42)34-17-5-4-6-18-34)46-27-14-10-22-40(46)51(49)39-21-9-13-26-45(39)54(47)43-24-11-7-19-37(43)41-23-15-16-29-52-41/h4-33H,1-3H3. The maximum Gasteiger partial charge on any atom is 0.252 e. The molecule has 8 aromatic rings. The highest BCUT2D eigenvalue weighted by molar-refractivity contribution is 7.00. The van der Waals surface area contributed by atoms with Crippen LogP contribution in [0.3, 0.4) is 0 Å². The molecule has 262 valence electrons. The SMILES string of the molecule is CC(C)(C)c1cc2c3c(c1)N(c1ccccc1-c1cc(-c4ccccc4)ccn1)c1ccccc1B3c1ccccc1N2c1ccccc1-c1ccccn1. The van der Waals surface area contributed by atoms with E-state index in [-0.39, 0.29) is 12.1 Å². The summed E-state index contributed by atoms with van der Waals surface area (Å²) in [6.45, 7) is 6.98. The highest BCUT2D eigenvalue weighted by Crippen LogP contribution is 2.49. The van der Waals surface area contributed by atoms with Crippen LogP contribution in [-0.2, 0) is 5.41 Å². The maximum absolute atomic E-state index is 5.00. The molecule has 0 saturated heterocycles. The van der Waals surface area contributed by atoms with Gasteiger partial charge in [-0.1, -0.05) is 130 Å². The van der Waals surface area contributed by atoms with Crippen LogP contribution in [-0.4, -0.2) is 16.7 Å². The zero-order chi connectivity index (χ0) is 37.1. The summed E-state index contributed by atoms with van der Waals surface area (Å²) in [6, 6.07) is 61.3. The first-order valence-corrected chi connectivity index (χ1v) is 19.0. The van der Waals surface area contributed by atoms with Crippen LogP contribution in [0.5, 0.6) is 0 Å². The smallest absolute Gasteiger partial charge is 0.252 e. The average Bonchev–Trinajstić information content (AvgIpc) is 3.24. The van der Waals surface area contributed by atoms with Crippen LogP contribution in [0.15, 0.2) is 182 Å². The molecule has 5 heteroatoms. The Kier molecular flexibility index (Phi) is 7.77. The van der Waals surface area contributed by atoms with Gasteiger partial charge in [-0.05, 0) is 99.2 Å². The van der Waals surface area contributed by atoms with Crippen molar-refractivity contribution in [3.05, 3.63) is 188 Å². The summed E-state index contributed by atoms with van der Waals surface area (Å²) in [5, 5.41) is 0. The second kappa shape index (κ2) is 13.0. The number of hydrogen-bond acceptors (Lipinski definition) is 4. The molecule has 2 aromatic heterocycles. The lowest BCUT2D eigenvalue weighted by Gasteiger charge is -2.45. The van der Waals surface area contributed by atoms with E-state index in [1.165, 1.54) is 50.3 Å². The van der Waals surface area contributed by atoms with Crippen molar-refractivity contribution >= 4 is 57.2 Å². The predicted molar refractivity (Wildman–Crippen MR) is 231 cm³/mol. The van der Waals surface area contributed by atoms with E-state index in [4.69, 9.17) is 9.97 Å². The van der Waals surface area contributed by atoms with Gasteiger partial charge in [-0.2, -0.15) is 0 Å². The van der Waals surface area contributed by atoms with E-state index in [0.29, 0.717) is 0 Å². The van der Waals surface area contributed by atoms with Crippen molar-refractivity contribution in [1.29, 1.82) is 0 Å². The highest BCUT2D eigenvalue weighted by atomic mass is 15.2. The molecule has 0 aliphatic carbocycles. The Bertz CT molecular complexity index is 2720. The monoisotopic (exact) mass is 706 g/mol. The lowest BCUT2D eigenvalue weighted by Crippen LogP contribution is -2.61. The first kappa shape index (κ1) is 32.9. The van der Waals surface area contributed by atoms with Crippen LogP contribution in [0.25, 0.3) is 33.6 Å². The van der Waals surface area contributed by atoms with Crippen molar-refractivity contribution in [3.8, 4) is 33.6 Å². The zero-order valence-electron chi connectivity index (χ0n) is 31.2. The number of nitrogens with zero attached hydrogens (tertiary/aromatic N) is 4. The summed E-state index contributed by atoms with van der Waals surface area (Å²) >= 11 is 0. The van der Waals surface area contributed by atoms with Crippen molar-refractivity contribution in [1.82, 2.24) is 9.97 Å². The van der Waals surface area contributed by atoms with Crippen LogP contribution < -0.4 is 26.2 Å². The molecular formula is C50H39BN4. The highest BCUT2D eigenvalue weighted by Gasteiger charge is 2.44. The first-order valence-electron chi connectivity index (χ1n) is 19.0. The van der Waals surface area contributed by atoms with Gasteiger partial charge in [0.25, 0.3) is 6.71 Å². The van der Waals surface area contributed by atoms with Crippen molar-refractivity contribution in [2.75, 3.05) is 9.80 Å². The molecule has 0 bridgehead atoms. The van der Waals surface area contributed by atoms with Gasteiger partial charge < -0.3 is 9.80 Å². The number of pyridine rings is 2.